The molecule has 0 heterocycles. The van der Waals surface area contributed by atoms with Gasteiger partial charge in [-0.1, -0.05) is 0 Å². The van der Waals surface area contributed by atoms with Gasteiger partial charge in [0.05, 0.1) is 0 Å². The van der Waals surface area contributed by atoms with Crippen molar-refractivity contribution in [3.63, 3.8) is 0 Å². The van der Waals surface area contributed by atoms with E-state index in [2.05, 4.69) is 72.8 Å². The summed E-state index contributed by atoms with van der Waals surface area (Å²) >= 11 is 13.7. The number of rotatable bonds is 10. The number of hydrogen-bond donors (Lipinski definition) is 0. The van der Waals surface area contributed by atoms with Gasteiger partial charge in [0.15, 0.2) is 0 Å². The van der Waals surface area contributed by atoms with Gasteiger partial charge < -0.3 is 0 Å². The third kappa shape index (κ3) is 4.29. The van der Waals surface area contributed by atoms with Crippen LogP contribution in [0.4, 0.5) is 0 Å². The molecule has 0 aliphatic heterocycles. The molecule has 0 spiro atoms. The molecule has 0 amide bonds. The van der Waals surface area contributed by atoms with Crippen molar-refractivity contribution < 1.29 is 4.74 Å². The van der Waals surface area contributed by atoms with Crippen LogP contribution in [0.2, 0.25) is 0 Å². The summed E-state index contributed by atoms with van der Waals surface area (Å²) < 4.78 is 5.80. The summed E-state index contributed by atoms with van der Waals surface area (Å²) in [4.78, 5) is 0. The Morgan fingerprint density at radius 1 is 0.607 bits per heavy atom. The van der Waals surface area contributed by atoms with Gasteiger partial charge in [-0.3, -0.25) is 0 Å². The van der Waals surface area contributed by atoms with Crippen LogP contribution in [0.5, 0.6) is 0 Å². The second-order valence-corrected chi connectivity index (χ2v) is 13.9. The molecule has 0 atom stereocenters. The summed E-state index contributed by atoms with van der Waals surface area (Å²) in [6.07, 6.45) is 2.62. The van der Waals surface area contributed by atoms with Gasteiger partial charge in [0.2, 0.25) is 0 Å². The zero-order valence-corrected chi connectivity index (χ0v) is 18.4. The molecule has 148 valence electrons. The van der Waals surface area contributed by atoms with Crippen LogP contribution in [0.3, 0.4) is 0 Å². The predicted molar refractivity (Wildman–Crippen MR) is 127 cm³/mol. The van der Waals surface area contributed by atoms with Crippen LogP contribution in [-0.2, 0) is 4.74 Å². The predicted octanol–water partition coefficient (Wildman–Crippen LogP) is 5.71. The minimum absolute atomic E-state index is 0.632. The Bertz CT molecular complexity index is 741. The molecule has 3 aromatic rings. The molecule has 0 N–H and O–H groups in total. The fraction of sp³-hybridized carbons (Fsp3) is 0.250. The molecule has 0 aromatic heterocycles. The van der Waals surface area contributed by atoms with Gasteiger partial charge in [-0.25, -0.2) is 0 Å². The van der Waals surface area contributed by atoms with Crippen LogP contribution in [-0.4, -0.2) is 25.3 Å². The average molecular weight is 433 g/mol. The number of halogens is 2. The first-order chi connectivity index (χ1) is 13.7. The van der Waals surface area contributed by atoms with Crippen LogP contribution >= 0.6 is 28.8 Å². The average Bonchev–Trinajstić information content (AvgIpc) is 2.78. The van der Waals surface area contributed by atoms with Crippen LogP contribution in [0, 0.1) is 0 Å². The molecule has 0 saturated carbocycles. The minimum atomic E-state index is -3.14. The van der Waals surface area contributed by atoms with Crippen molar-refractivity contribution in [3.8, 4) is 0 Å². The van der Waals surface area contributed by atoms with E-state index < -0.39 is 5.96 Å². The maximum absolute atomic E-state index is 7.97. The molecule has 4 heteroatoms. The molecule has 0 aliphatic carbocycles. The molecule has 3 aromatic carbocycles. The van der Waals surface area contributed by atoms with Gasteiger partial charge in [0.25, 0.3) is 0 Å². The Hall–Kier alpha value is -1.37. The van der Waals surface area contributed by atoms with Gasteiger partial charge in [-0.2, -0.15) is 0 Å². The molecule has 0 bridgehead atoms. The fourth-order valence-electron chi connectivity index (χ4n) is 3.77. The Kier molecular flexibility index (Phi) is 7.55. The van der Waals surface area contributed by atoms with E-state index in [0.29, 0.717) is 19.1 Å². The SMILES string of the molecule is ClCCCOCCCP(Cl)(c1ccccc1)(c1ccccc1)c1ccccc1. The molecule has 0 fully saturated rings. The summed E-state index contributed by atoms with van der Waals surface area (Å²) in [6, 6.07) is 31.7. The molecule has 0 unspecified atom stereocenters. The van der Waals surface area contributed by atoms with Gasteiger partial charge in [-0.05, 0) is 0 Å². The van der Waals surface area contributed by atoms with Crippen LogP contribution < -0.4 is 15.9 Å². The van der Waals surface area contributed by atoms with Gasteiger partial charge in [-0.15, -0.1) is 0 Å². The monoisotopic (exact) mass is 432 g/mol. The Labute approximate surface area is 178 Å². The summed E-state index contributed by atoms with van der Waals surface area (Å²) in [5.41, 5.74) is 0. The zero-order valence-electron chi connectivity index (χ0n) is 16.0. The topological polar surface area (TPSA) is 9.23 Å². The fourth-order valence-corrected chi connectivity index (χ4v) is 10.0. The molecule has 0 radical (unpaired) electrons. The van der Waals surface area contributed by atoms with Gasteiger partial charge in [0.1, 0.15) is 0 Å². The summed E-state index contributed by atoms with van der Waals surface area (Å²) in [5.74, 6) is -2.51. The van der Waals surface area contributed by atoms with E-state index >= 15 is 0 Å². The summed E-state index contributed by atoms with van der Waals surface area (Å²) in [7, 11) is 0. The van der Waals surface area contributed by atoms with Crippen LogP contribution in [0.1, 0.15) is 12.8 Å². The van der Waals surface area contributed by atoms with Crippen molar-refractivity contribution >= 4 is 44.7 Å². The van der Waals surface area contributed by atoms with Crippen molar-refractivity contribution in [1.29, 1.82) is 0 Å². The van der Waals surface area contributed by atoms with Crippen molar-refractivity contribution in [1.82, 2.24) is 0 Å². The number of alkyl halides is 1. The van der Waals surface area contributed by atoms with Crippen molar-refractivity contribution in [2.45, 2.75) is 12.8 Å². The standard InChI is InChI=1S/C24H27Cl2OP/c25-18-10-19-27-20-11-21-28(26,22-12-4-1-5-13-22,23-14-6-2-7-15-23)24-16-8-3-9-17-24/h1-9,12-17H,10-11,18-21H2. The second kappa shape index (κ2) is 9.90. The Morgan fingerprint density at radius 2 is 1.00 bits per heavy atom. The molecular weight excluding hydrogens is 406 g/mol. The van der Waals surface area contributed by atoms with E-state index in [0.717, 1.165) is 19.0 Å². The van der Waals surface area contributed by atoms with Crippen molar-refractivity contribution in [2.75, 3.05) is 25.3 Å². The zero-order chi connectivity index (χ0) is 19.7. The van der Waals surface area contributed by atoms with Crippen LogP contribution in [0.25, 0.3) is 0 Å². The van der Waals surface area contributed by atoms with E-state index in [1.165, 1.54) is 15.9 Å². The number of benzene rings is 3. The molecule has 0 saturated heterocycles. The Morgan fingerprint density at radius 3 is 1.39 bits per heavy atom. The second-order valence-electron chi connectivity index (χ2n) is 6.92. The van der Waals surface area contributed by atoms with E-state index in [4.69, 9.17) is 27.6 Å². The molecule has 3 rings (SSSR count). The number of hydrogen-bond acceptors (Lipinski definition) is 1. The third-order valence-electron chi connectivity index (χ3n) is 5.17. The number of ether oxygens (including phenoxy) is 1. The molecule has 1 nitrogen and oxygen atoms in total. The summed E-state index contributed by atoms with van der Waals surface area (Å²) in [6.45, 7) is 1.39. The normalized spacial score (nSPS) is 13.0. The third-order valence-corrected chi connectivity index (χ3v) is 13.0. The van der Waals surface area contributed by atoms with E-state index in [9.17, 15) is 0 Å². The van der Waals surface area contributed by atoms with E-state index in [-0.39, 0.29) is 0 Å². The molecule has 0 aliphatic rings. The summed E-state index contributed by atoms with van der Waals surface area (Å²) in [5, 5.41) is 3.61. The maximum atomic E-state index is 7.97. The Balaban J connectivity index is 2.08. The van der Waals surface area contributed by atoms with Crippen molar-refractivity contribution in [3.05, 3.63) is 91.0 Å². The first-order valence-corrected chi connectivity index (χ1v) is 13.6. The molecule has 28 heavy (non-hydrogen) atoms. The first-order valence-electron chi connectivity index (χ1n) is 9.73. The van der Waals surface area contributed by atoms with Crippen molar-refractivity contribution in [2.24, 2.45) is 0 Å². The van der Waals surface area contributed by atoms with E-state index in [1.807, 2.05) is 18.2 Å². The van der Waals surface area contributed by atoms with Crippen LogP contribution in [0.15, 0.2) is 91.0 Å². The molecular formula is C24H27Cl2OP. The van der Waals surface area contributed by atoms with Gasteiger partial charge in [0, 0.05) is 0 Å². The first kappa shape index (κ1) is 21.3. The van der Waals surface area contributed by atoms with Gasteiger partial charge >= 0.3 is 179 Å². The van der Waals surface area contributed by atoms with E-state index in [1.54, 1.807) is 0 Å². The quantitative estimate of drug-likeness (QED) is 0.226.